The molecule has 3 aromatic rings. The van der Waals surface area contributed by atoms with Crippen LogP contribution in [0.4, 0.5) is 19.4 Å². The molecule has 1 aromatic carbocycles. The van der Waals surface area contributed by atoms with Gasteiger partial charge in [-0.05, 0) is 44.2 Å². The van der Waals surface area contributed by atoms with Crippen LogP contribution < -0.4 is 10.3 Å². The quantitative estimate of drug-likeness (QED) is 0.384. The summed E-state index contributed by atoms with van der Waals surface area (Å²) in [6.07, 6.45) is 3.14. The summed E-state index contributed by atoms with van der Waals surface area (Å²) in [6, 6.07) is 4.00. The summed E-state index contributed by atoms with van der Waals surface area (Å²) < 4.78 is 75.2. The van der Waals surface area contributed by atoms with Crippen molar-refractivity contribution in [2.75, 3.05) is 13.2 Å². The van der Waals surface area contributed by atoms with Crippen molar-refractivity contribution in [3.63, 3.8) is 0 Å². The highest BCUT2D eigenvalue weighted by Crippen LogP contribution is 3.03. The van der Waals surface area contributed by atoms with Crippen molar-refractivity contribution < 1.29 is 29.0 Å². The topological polar surface area (TPSA) is 69.4 Å². The van der Waals surface area contributed by atoms with E-state index in [9.17, 15) is 29.0 Å². The molecule has 3 heterocycles. The Hall–Kier alpha value is -3.06. The van der Waals surface area contributed by atoms with Crippen LogP contribution in [0.15, 0.2) is 52.5 Å². The fourth-order valence-electron chi connectivity index (χ4n) is 3.80. The summed E-state index contributed by atoms with van der Waals surface area (Å²) in [6.45, 7) is 2.97. The molecule has 35 heavy (non-hydrogen) atoms. The second-order valence-electron chi connectivity index (χ2n) is 8.20. The van der Waals surface area contributed by atoms with Gasteiger partial charge >= 0.3 is 10.2 Å². The smallest absolute Gasteiger partial charge is 0.313 e. The van der Waals surface area contributed by atoms with Crippen molar-refractivity contribution in [3.05, 3.63) is 69.6 Å². The van der Waals surface area contributed by atoms with Crippen LogP contribution in [0.1, 0.15) is 23.1 Å². The number of imidazole rings is 1. The Bertz CT molecular complexity index is 1390. The number of hydrogen-bond donors (Lipinski definition) is 0. The third-order valence-electron chi connectivity index (χ3n) is 5.52. The number of amides is 1. The molecule has 0 N–H and O–H groups in total. The molecule has 0 fully saturated rings. The van der Waals surface area contributed by atoms with Gasteiger partial charge in [0.2, 0.25) is 0 Å². The number of aryl methyl sites for hydroxylation is 1. The van der Waals surface area contributed by atoms with Gasteiger partial charge in [-0.2, -0.15) is 0 Å². The van der Waals surface area contributed by atoms with Crippen LogP contribution in [-0.4, -0.2) is 44.1 Å². The van der Waals surface area contributed by atoms with Gasteiger partial charge in [0.25, 0.3) is 11.5 Å². The van der Waals surface area contributed by atoms with E-state index in [1.165, 1.54) is 34.9 Å². The molecule has 190 valence electrons. The molecule has 0 saturated carbocycles. The Morgan fingerprint density at radius 3 is 2.46 bits per heavy atom. The molecule has 0 aliphatic carbocycles. The van der Waals surface area contributed by atoms with E-state index in [0.717, 1.165) is 6.07 Å². The number of carbonyl (C=O) groups is 1. The summed E-state index contributed by atoms with van der Waals surface area (Å²) in [4.78, 5) is 29.1. The van der Waals surface area contributed by atoms with Crippen LogP contribution in [-0.2, 0) is 6.54 Å². The zero-order valence-electron chi connectivity index (χ0n) is 18.4. The van der Waals surface area contributed by atoms with Gasteiger partial charge in [-0.25, -0.2) is 4.98 Å². The molecule has 0 saturated heterocycles. The fourth-order valence-corrected chi connectivity index (χ4v) is 4.90. The summed E-state index contributed by atoms with van der Waals surface area (Å²) in [5, 5.41) is -0.521. The van der Waals surface area contributed by atoms with Crippen LogP contribution >= 0.6 is 21.8 Å². The SMILES string of the molecule is Cc1cn(-c2ccc3n(c2=O)CCN(C(C)COc2ccc(Cl)cc2S(F)(F)(F)(F)F)C3=O)cn1. The maximum Gasteiger partial charge on any atom is 0.313 e. The summed E-state index contributed by atoms with van der Waals surface area (Å²) >= 11 is 5.51. The zero-order chi connectivity index (χ0) is 25.8. The molecule has 1 unspecified atom stereocenters. The number of hydrogen-bond acceptors (Lipinski definition) is 4. The zero-order valence-corrected chi connectivity index (χ0v) is 20.0. The Balaban J connectivity index is 1.55. The molecule has 1 aliphatic rings. The van der Waals surface area contributed by atoms with Gasteiger partial charge in [0.15, 0.2) is 0 Å². The van der Waals surface area contributed by atoms with Crippen LogP contribution in [0.2, 0.25) is 5.02 Å². The van der Waals surface area contributed by atoms with Gasteiger partial charge in [-0.15, -0.1) is 0 Å². The van der Waals surface area contributed by atoms with Gasteiger partial charge < -0.3 is 18.8 Å². The second kappa shape index (κ2) is 7.72. The van der Waals surface area contributed by atoms with E-state index >= 15 is 0 Å². The first kappa shape index (κ1) is 25.0. The highest BCUT2D eigenvalue weighted by molar-refractivity contribution is 8.45. The average molecular weight is 539 g/mol. The first-order valence-electron chi connectivity index (χ1n) is 10.3. The number of nitrogens with zero attached hydrogens (tertiary/aromatic N) is 4. The standard InChI is InChI=1S/C21H20ClF5N4O3S/c1-13-10-29(12-28-13)16-4-5-17-21(33)30(7-8-31(17)20(16)32)14(2)11-34-18-6-3-15(22)9-19(18)35(23,24,25,26)27/h3-6,9-10,12,14H,7-8,11H2,1-2H3. The lowest BCUT2D eigenvalue weighted by molar-refractivity contribution is 0.0567. The van der Waals surface area contributed by atoms with Crippen LogP contribution in [0.25, 0.3) is 5.69 Å². The van der Waals surface area contributed by atoms with Crippen molar-refractivity contribution >= 4 is 27.7 Å². The lowest BCUT2D eigenvalue weighted by atomic mass is 10.2. The number of benzene rings is 1. The molecule has 0 bridgehead atoms. The molecule has 1 aliphatic heterocycles. The summed E-state index contributed by atoms with van der Waals surface area (Å²) in [7, 11) is -10.1. The van der Waals surface area contributed by atoms with Crippen molar-refractivity contribution in [2.24, 2.45) is 0 Å². The van der Waals surface area contributed by atoms with Gasteiger partial charge in [-0.3, -0.25) is 9.59 Å². The lowest BCUT2D eigenvalue weighted by Crippen LogP contribution is -2.50. The molecule has 14 heteroatoms. The number of aromatic nitrogens is 3. The molecular weight excluding hydrogens is 519 g/mol. The first-order valence-corrected chi connectivity index (χ1v) is 12.6. The Labute approximate surface area is 201 Å². The van der Waals surface area contributed by atoms with E-state index in [1.54, 1.807) is 17.7 Å². The molecule has 1 atom stereocenters. The highest BCUT2D eigenvalue weighted by Gasteiger charge is 2.67. The van der Waals surface area contributed by atoms with Crippen molar-refractivity contribution in [3.8, 4) is 11.4 Å². The second-order valence-corrected chi connectivity index (χ2v) is 11.0. The Kier molecular flexibility index (Phi) is 5.52. The molecule has 4 rings (SSSR count). The van der Waals surface area contributed by atoms with E-state index in [1.807, 2.05) is 0 Å². The fraction of sp³-hybridized carbons (Fsp3) is 0.286. The first-order chi connectivity index (χ1) is 16.0. The van der Waals surface area contributed by atoms with Crippen LogP contribution in [0.3, 0.4) is 0 Å². The van der Waals surface area contributed by atoms with E-state index in [-0.39, 0.29) is 24.8 Å². The molecular formula is C21H20ClF5N4O3S. The summed E-state index contributed by atoms with van der Waals surface area (Å²) in [5.74, 6) is -1.62. The van der Waals surface area contributed by atoms with Crippen LogP contribution in [0.5, 0.6) is 5.75 Å². The third kappa shape index (κ3) is 5.01. The van der Waals surface area contributed by atoms with Gasteiger partial charge in [0.1, 0.15) is 28.6 Å². The number of rotatable bonds is 6. The number of halogens is 6. The Morgan fingerprint density at radius 1 is 1.11 bits per heavy atom. The number of ether oxygens (including phenoxy) is 1. The maximum absolute atomic E-state index is 13.4. The highest BCUT2D eigenvalue weighted by atomic mass is 35.5. The number of carbonyl (C=O) groups excluding carboxylic acids is 1. The minimum atomic E-state index is -10.1. The maximum atomic E-state index is 13.4. The Morgan fingerprint density at radius 2 is 1.83 bits per heavy atom. The third-order valence-corrected chi connectivity index (χ3v) is 6.91. The van der Waals surface area contributed by atoms with E-state index in [0.29, 0.717) is 17.4 Å². The predicted molar refractivity (Wildman–Crippen MR) is 121 cm³/mol. The largest absolute Gasteiger partial charge is 0.490 e. The normalized spacial score (nSPS) is 16.9. The van der Waals surface area contributed by atoms with Gasteiger partial charge in [-0.1, -0.05) is 31.0 Å². The average Bonchev–Trinajstić information content (AvgIpc) is 3.18. The van der Waals surface area contributed by atoms with Crippen molar-refractivity contribution in [1.82, 2.24) is 19.0 Å². The van der Waals surface area contributed by atoms with E-state index in [4.69, 9.17) is 16.3 Å². The van der Waals surface area contributed by atoms with Crippen molar-refractivity contribution in [1.29, 1.82) is 0 Å². The predicted octanol–water partition coefficient (Wildman–Crippen LogP) is 5.58. The molecule has 7 nitrogen and oxygen atoms in total. The molecule has 1 amide bonds. The summed E-state index contributed by atoms with van der Waals surface area (Å²) in [5.41, 5.74) is 0.696. The van der Waals surface area contributed by atoms with E-state index in [2.05, 4.69) is 4.98 Å². The molecule has 0 radical (unpaired) electrons. The monoisotopic (exact) mass is 538 g/mol. The minimum absolute atomic E-state index is 0.0672. The van der Waals surface area contributed by atoms with E-state index < -0.39 is 50.0 Å². The van der Waals surface area contributed by atoms with Crippen molar-refractivity contribution in [2.45, 2.75) is 31.3 Å². The van der Waals surface area contributed by atoms with Gasteiger partial charge in [0, 0.05) is 24.3 Å². The van der Waals surface area contributed by atoms with Crippen LogP contribution in [0, 0.1) is 6.92 Å². The number of pyridine rings is 1. The molecule has 2 aromatic heterocycles. The lowest BCUT2D eigenvalue weighted by Gasteiger charge is -2.41. The minimum Gasteiger partial charge on any atom is -0.490 e. The molecule has 0 spiro atoms. The number of fused-ring (bicyclic) bond motifs is 1. The van der Waals surface area contributed by atoms with Gasteiger partial charge in [0.05, 0.1) is 18.1 Å².